The SMILES string of the molecule is CC[C@]12CCC3C4=C(CC[C@H]3C1CCC2=O)CC(C)=CC4. The van der Waals surface area contributed by atoms with Crippen molar-refractivity contribution in [3.05, 3.63) is 22.8 Å². The van der Waals surface area contributed by atoms with Gasteiger partial charge in [-0.3, -0.25) is 4.79 Å². The predicted molar refractivity (Wildman–Crippen MR) is 85.9 cm³/mol. The van der Waals surface area contributed by atoms with Crippen molar-refractivity contribution in [1.29, 1.82) is 0 Å². The molecule has 2 saturated carbocycles. The molecule has 21 heavy (non-hydrogen) atoms. The van der Waals surface area contributed by atoms with Gasteiger partial charge in [-0.1, -0.05) is 29.7 Å². The van der Waals surface area contributed by atoms with Gasteiger partial charge in [0, 0.05) is 11.8 Å². The summed E-state index contributed by atoms with van der Waals surface area (Å²) >= 11 is 0. The van der Waals surface area contributed by atoms with Crippen molar-refractivity contribution in [2.24, 2.45) is 23.2 Å². The first-order valence-corrected chi connectivity index (χ1v) is 9.05. The van der Waals surface area contributed by atoms with Crippen LogP contribution in [0.1, 0.15) is 71.6 Å². The third kappa shape index (κ3) is 1.85. The molecule has 0 heterocycles. The predicted octanol–water partition coefficient (Wildman–Crippen LogP) is 5.22. The number of fused-ring (bicyclic) bond motifs is 4. The Hall–Kier alpha value is -0.850. The van der Waals surface area contributed by atoms with Crippen LogP contribution in [-0.2, 0) is 4.79 Å². The highest BCUT2D eigenvalue weighted by atomic mass is 16.1. The average Bonchev–Trinajstić information content (AvgIpc) is 2.84. The quantitative estimate of drug-likeness (QED) is 0.603. The van der Waals surface area contributed by atoms with E-state index in [4.69, 9.17) is 0 Å². The largest absolute Gasteiger partial charge is 0.299 e. The molecule has 4 rings (SSSR count). The van der Waals surface area contributed by atoms with Gasteiger partial charge in [0.05, 0.1) is 0 Å². The molecular formula is C20H28O. The van der Waals surface area contributed by atoms with Crippen LogP contribution in [0.15, 0.2) is 22.8 Å². The zero-order chi connectivity index (χ0) is 14.6. The Balaban J connectivity index is 1.66. The number of hydrogen-bond acceptors (Lipinski definition) is 1. The van der Waals surface area contributed by atoms with Crippen LogP contribution in [0.2, 0.25) is 0 Å². The minimum Gasteiger partial charge on any atom is -0.299 e. The van der Waals surface area contributed by atoms with Crippen molar-refractivity contribution in [1.82, 2.24) is 0 Å². The summed E-state index contributed by atoms with van der Waals surface area (Å²) in [7, 11) is 0. The summed E-state index contributed by atoms with van der Waals surface area (Å²) in [5, 5.41) is 0. The summed E-state index contributed by atoms with van der Waals surface area (Å²) in [6, 6.07) is 0. The van der Waals surface area contributed by atoms with E-state index in [-0.39, 0.29) is 5.41 Å². The lowest BCUT2D eigenvalue weighted by Gasteiger charge is -2.50. The second kappa shape index (κ2) is 4.83. The third-order valence-electron chi connectivity index (χ3n) is 7.36. The van der Waals surface area contributed by atoms with Gasteiger partial charge in [0.15, 0.2) is 0 Å². The lowest BCUT2D eigenvalue weighted by atomic mass is 9.53. The number of allylic oxidation sites excluding steroid dienone is 4. The van der Waals surface area contributed by atoms with E-state index in [2.05, 4.69) is 19.9 Å². The molecule has 114 valence electrons. The highest BCUT2D eigenvalue weighted by Gasteiger charge is 2.56. The molecule has 0 aromatic rings. The zero-order valence-corrected chi connectivity index (χ0v) is 13.6. The minimum atomic E-state index is 0.0830. The van der Waals surface area contributed by atoms with Gasteiger partial charge in [-0.15, -0.1) is 0 Å². The molecule has 0 radical (unpaired) electrons. The monoisotopic (exact) mass is 284 g/mol. The minimum absolute atomic E-state index is 0.0830. The number of carbonyl (C=O) groups excluding carboxylic acids is 1. The molecule has 1 heteroatoms. The fourth-order valence-corrected chi connectivity index (χ4v) is 6.30. The van der Waals surface area contributed by atoms with Gasteiger partial charge in [-0.2, -0.15) is 0 Å². The molecular weight excluding hydrogens is 256 g/mol. The van der Waals surface area contributed by atoms with Crippen molar-refractivity contribution in [2.45, 2.75) is 71.6 Å². The molecule has 2 fully saturated rings. The van der Waals surface area contributed by atoms with Crippen molar-refractivity contribution in [2.75, 3.05) is 0 Å². The second-order valence-electron chi connectivity index (χ2n) is 7.99. The van der Waals surface area contributed by atoms with Crippen LogP contribution in [0.5, 0.6) is 0 Å². The molecule has 1 nitrogen and oxygen atoms in total. The molecule has 0 bridgehead atoms. The molecule has 0 spiro atoms. The Bertz CT molecular complexity index is 538. The molecule has 0 amide bonds. The van der Waals surface area contributed by atoms with Gasteiger partial charge in [0.25, 0.3) is 0 Å². The van der Waals surface area contributed by atoms with E-state index in [0.717, 1.165) is 24.7 Å². The maximum atomic E-state index is 12.5. The summed E-state index contributed by atoms with van der Waals surface area (Å²) in [4.78, 5) is 12.5. The second-order valence-corrected chi connectivity index (χ2v) is 7.99. The number of Topliss-reactive ketones (excluding diaryl/α,β-unsaturated/α-hetero) is 1. The van der Waals surface area contributed by atoms with E-state index >= 15 is 0 Å². The summed E-state index contributed by atoms with van der Waals surface area (Å²) in [5.41, 5.74) is 5.21. The number of hydrogen-bond donors (Lipinski definition) is 0. The summed E-state index contributed by atoms with van der Waals surface area (Å²) < 4.78 is 0. The Labute approximate surface area is 128 Å². The van der Waals surface area contributed by atoms with E-state index in [1.165, 1.54) is 44.9 Å². The van der Waals surface area contributed by atoms with Gasteiger partial charge in [0.2, 0.25) is 0 Å². The van der Waals surface area contributed by atoms with Crippen molar-refractivity contribution >= 4 is 5.78 Å². The van der Waals surface area contributed by atoms with Crippen LogP contribution < -0.4 is 0 Å². The topological polar surface area (TPSA) is 17.1 Å². The summed E-state index contributed by atoms with van der Waals surface area (Å²) in [6.07, 6.45) is 13.2. The van der Waals surface area contributed by atoms with E-state index in [0.29, 0.717) is 11.7 Å². The van der Waals surface area contributed by atoms with E-state index in [1.54, 1.807) is 16.7 Å². The van der Waals surface area contributed by atoms with Crippen LogP contribution in [-0.4, -0.2) is 5.78 Å². The molecule has 0 aromatic heterocycles. The van der Waals surface area contributed by atoms with Gasteiger partial charge in [0.1, 0.15) is 5.78 Å². The Morgan fingerprint density at radius 1 is 1.24 bits per heavy atom. The number of carbonyl (C=O) groups is 1. The Morgan fingerprint density at radius 3 is 2.90 bits per heavy atom. The van der Waals surface area contributed by atoms with E-state index in [9.17, 15) is 4.79 Å². The van der Waals surface area contributed by atoms with Crippen LogP contribution in [0.25, 0.3) is 0 Å². The molecule has 0 aromatic carbocycles. The standard InChI is InChI=1S/C20H28O/c1-3-20-11-10-16-15-6-4-13(2)12-14(15)5-7-17(16)18(20)8-9-19(20)21/h4,16-18H,3,5-12H2,1-2H3/t16?,17-,18?,20+/m1/s1. The molecule has 4 aliphatic carbocycles. The molecule has 0 N–H and O–H groups in total. The first-order valence-electron chi connectivity index (χ1n) is 9.05. The highest BCUT2D eigenvalue weighted by Crippen LogP contribution is 2.61. The number of rotatable bonds is 1. The maximum Gasteiger partial charge on any atom is 0.139 e. The lowest BCUT2D eigenvalue weighted by molar-refractivity contribution is -0.131. The fraction of sp³-hybridized carbons (Fsp3) is 0.750. The van der Waals surface area contributed by atoms with Crippen molar-refractivity contribution < 1.29 is 4.79 Å². The van der Waals surface area contributed by atoms with E-state index in [1.807, 2.05) is 0 Å². The first kappa shape index (κ1) is 13.8. The molecule has 0 saturated heterocycles. The van der Waals surface area contributed by atoms with Crippen LogP contribution in [0.3, 0.4) is 0 Å². The fourth-order valence-electron chi connectivity index (χ4n) is 6.30. The molecule has 0 aliphatic heterocycles. The van der Waals surface area contributed by atoms with E-state index < -0.39 is 0 Å². The zero-order valence-electron chi connectivity index (χ0n) is 13.6. The molecule has 4 atom stereocenters. The molecule has 2 unspecified atom stereocenters. The summed E-state index contributed by atoms with van der Waals surface area (Å²) in [5.74, 6) is 2.94. The average molecular weight is 284 g/mol. The van der Waals surface area contributed by atoms with Gasteiger partial charge in [-0.05, 0) is 76.0 Å². The highest BCUT2D eigenvalue weighted by molar-refractivity contribution is 5.87. The van der Waals surface area contributed by atoms with Crippen LogP contribution >= 0.6 is 0 Å². The maximum absolute atomic E-state index is 12.5. The first-order chi connectivity index (χ1) is 10.2. The summed E-state index contributed by atoms with van der Waals surface area (Å²) in [6.45, 7) is 4.55. The smallest absolute Gasteiger partial charge is 0.139 e. The van der Waals surface area contributed by atoms with Crippen LogP contribution in [0.4, 0.5) is 0 Å². The normalized spacial score (nSPS) is 42.3. The van der Waals surface area contributed by atoms with Gasteiger partial charge in [-0.25, -0.2) is 0 Å². The van der Waals surface area contributed by atoms with Crippen molar-refractivity contribution in [3.63, 3.8) is 0 Å². The van der Waals surface area contributed by atoms with Crippen LogP contribution in [0, 0.1) is 23.2 Å². The molecule has 4 aliphatic rings. The van der Waals surface area contributed by atoms with Gasteiger partial charge < -0.3 is 0 Å². The van der Waals surface area contributed by atoms with Gasteiger partial charge >= 0.3 is 0 Å². The Morgan fingerprint density at radius 2 is 2.10 bits per heavy atom. The third-order valence-corrected chi connectivity index (χ3v) is 7.36. The Kier molecular flexibility index (Phi) is 3.17. The van der Waals surface area contributed by atoms with Crippen molar-refractivity contribution in [3.8, 4) is 0 Å². The lowest BCUT2D eigenvalue weighted by Crippen LogP contribution is -2.45. The number of ketones is 1.